The van der Waals surface area contributed by atoms with Crippen LogP contribution in [0.25, 0.3) is 33.3 Å². The molecule has 39 heavy (non-hydrogen) atoms. The monoisotopic (exact) mass is 525 g/mol. The number of nitrogens with one attached hydrogen (secondary N) is 1. The Balaban J connectivity index is 1.58. The summed E-state index contributed by atoms with van der Waals surface area (Å²) in [6, 6.07) is 12.7. The predicted molar refractivity (Wildman–Crippen MR) is 148 cm³/mol. The lowest BCUT2D eigenvalue weighted by Crippen LogP contribution is -2.30. The molecule has 1 aromatic carbocycles. The molecule has 1 unspecified atom stereocenters. The number of fused-ring (bicyclic) bond motifs is 3. The number of rotatable bonds is 5. The Labute approximate surface area is 225 Å². The summed E-state index contributed by atoms with van der Waals surface area (Å²) in [5.74, 6) is 0.998. The molecule has 0 aliphatic carbocycles. The van der Waals surface area contributed by atoms with Crippen molar-refractivity contribution in [2.45, 2.75) is 25.8 Å². The van der Waals surface area contributed by atoms with E-state index in [9.17, 15) is 4.79 Å². The Morgan fingerprint density at radius 2 is 1.87 bits per heavy atom. The molecular weight excluding hydrogens is 494 g/mol. The molecule has 200 valence electrons. The molecule has 2 aliphatic rings. The van der Waals surface area contributed by atoms with Gasteiger partial charge < -0.3 is 14.6 Å². The summed E-state index contributed by atoms with van der Waals surface area (Å²) < 4.78 is 11.8. The number of aromatic nitrogens is 7. The molecule has 1 N–H and O–H groups in total. The number of nitrogens with zero attached hydrogens (tertiary/aromatic N) is 8. The van der Waals surface area contributed by atoms with Crippen LogP contribution in [0.5, 0.6) is 0 Å². The first kappa shape index (κ1) is 23.8. The Morgan fingerprint density at radius 3 is 2.56 bits per heavy atom. The number of urea groups is 1. The van der Waals surface area contributed by atoms with E-state index in [0.29, 0.717) is 24.8 Å². The van der Waals surface area contributed by atoms with Crippen molar-refractivity contribution < 1.29 is 9.53 Å². The number of hydrogen-bond donors (Lipinski definition) is 1. The number of carbonyl (C=O) groups is 1. The normalized spacial score (nSPS) is 17.4. The van der Waals surface area contributed by atoms with Gasteiger partial charge in [-0.1, -0.05) is 35.5 Å². The first-order valence-corrected chi connectivity index (χ1v) is 13.4. The van der Waals surface area contributed by atoms with Gasteiger partial charge in [0.15, 0.2) is 5.82 Å². The van der Waals surface area contributed by atoms with Gasteiger partial charge in [-0.15, -0.1) is 5.10 Å². The third-order valence-corrected chi connectivity index (χ3v) is 8.11. The lowest BCUT2D eigenvalue weighted by atomic mass is 9.86. The molecule has 2 saturated heterocycles. The van der Waals surface area contributed by atoms with E-state index in [2.05, 4.69) is 56.6 Å². The van der Waals surface area contributed by atoms with Crippen molar-refractivity contribution >= 4 is 33.9 Å². The fourth-order valence-electron chi connectivity index (χ4n) is 6.37. The molecule has 4 aromatic heterocycles. The standard InChI is InChI=1S/C28H31N9O2/c1-17-23(35(3)33-31-17)20-15-21-22(30-16-20)25-26(27(32-34(25)2)36-12-11-29-28(36)38)37(21)24(18-7-5-4-6-8-18)19-9-13-39-14-10-19/h4-8,15-16,19,24H,9-14H2,1-3H3,(H,29,38). The molecule has 0 spiro atoms. The highest BCUT2D eigenvalue weighted by atomic mass is 16.5. The van der Waals surface area contributed by atoms with E-state index in [1.807, 2.05) is 31.9 Å². The highest BCUT2D eigenvalue weighted by Crippen LogP contribution is 2.43. The Hall–Kier alpha value is -4.25. The molecule has 5 aromatic rings. The first-order chi connectivity index (χ1) is 19.0. The minimum atomic E-state index is -0.126. The van der Waals surface area contributed by atoms with E-state index in [1.165, 1.54) is 5.56 Å². The number of carbonyl (C=O) groups excluding carboxylic acids is 1. The minimum Gasteiger partial charge on any atom is -0.381 e. The van der Waals surface area contributed by atoms with Gasteiger partial charge in [-0.05, 0) is 37.3 Å². The molecule has 0 saturated carbocycles. The van der Waals surface area contributed by atoms with Crippen molar-refractivity contribution in [1.29, 1.82) is 0 Å². The van der Waals surface area contributed by atoms with Crippen LogP contribution in [0.15, 0.2) is 42.6 Å². The average Bonchev–Trinajstić information content (AvgIpc) is 3.70. The van der Waals surface area contributed by atoms with Gasteiger partial charge >= 0.3 is 6.03 Å². The van der Waals surface area contributed by atoms with Crippen molar-refractivity contribution in [1.82, 2.24) is 39.6 Å². The van der Waals surface area contributed by atoms with Gasteiger partial charge in [-0.2, -0.15) is 5.10 Å². The average molecular weight is 526 g/mol. The van der Waals surface area contributed by atoms with Crippen LogP contribution >= 0.6 is 0 Å². The van der Waals surface area contributed by atoms with E-state index in [4.69, 9.17) is 14.8 Å². The van der Waals surface area contributed by atoms with Crippen molar-refractivity contribution in [2.75, 3.05) is 31.2 Å². The summed E-state index contributed by atoms with van der Waals surface area (Å²) in [4.78, 5) is 19.7. The van der Waals surface area contributed by atoms with Crippen LogP contribution in [0.2, 0.25) is 0 Å². The zero-order valence-corrected chi connectivity index (χ0v) is 22.3. The van der Waals surface area contributed by atoms with Crippen LogP contribution in [-0.2, 0) is 18.8 Å². The summed E-state index contributed by atoms with van der Waals surface area (Å²) in [5.41, 5.74) is 7.64. The topological polar surface area (TPSA) is 108 Å². The molecule has 11 heteroatoms. The largest absolute Gasteiger partial charge is 0.381 e. The number of ether oxygens (including phenoxy) is 1. The van der Waals surface area contributed by atoms with Crippen LogP contribution in [0.1, 0.15) is 30.1 Å². The number of hydrogen-bond acceptors (Lipinski definition) is 6. The van der Waals surface area contributed by atoms with Crippen LogP contribution in [0.3, 0.4) is 0 Å². The molecule has 2 fully saturated rings. The number of benzene rings is 1. The van der Waals surface area contributed by atoms with Gasteiger partial charge in [-0.25, -0.2) is 9.48 Å². The quantitative estimate of drug-likeness (QED) is 0.376. The fourth-order valence-corrected chi connectivity index (χ4v) is 6.37. The maximum atomic E-state index is 12.9. The van der Waals surface area contributed by atoms with Gasteiger partial charge in [0.2, 0.25) is 0 Å². The molecule has 2 amide bonds. The molecule has 7 rings (SSSR count). The second-order valence-corrected chi connectivity index (χ2v) is 10.4. The second-order valence-electron chi connectivity index (χ2n) is 10.4. The second kappa shape index (κ2) is 9.19. The summed E-state index contributed by atoms with van der Waals surface area (Å²) in [5, 5.41) is 16.3. The van der Waals surface area contributed by atoms with Crippen LogP contribution in [-0.4, -0.2) is 66.7 Å². The van der Waals surface area contributed by atoms with Gasteiger partial charge in [-0.3, -0.25) is 14.6 Å². The molecule has 11 nitrogen and oxygen atoms in total. The number of anilines is 1. The van der Waals surface area contributed by atoms with Crippen molar-refractivity contribution in [3.8, 4) is 11.3 Å². The van der Waals surface area contributed by atoms with Crippen LogP contribution < -0.4 is 10.2 Å². The summed E-state index contributed by atoms with van der Waals surface area (Å²) >= 11 is 0. The van der Waals surface area contributed by atoms with E-state index in [-0.39, 0.29) is 12.1 Å². The highest BCUT2D eigenvalue weighted by molar-refractivity contribution is 6.11. The zero-order valence-electron chi connectivity index (χ0n) is 22.3. The lowest BCUT2D eigenvalue weighted by Gasteiger charge is -2.33. The highest BCUT2D eigenvalue weighted by Gasteiger charge is 2.35. The molecule has 2 aliphatic heterocycles. The van der Waals surface area contributed by atoms with Gasteiger partial charge in [0.05, 0.1) is 22.9 Å². The van der Waals surface area contributed by atoms with E-state index >= 15 is 0 Å². The van der Waals surface area contributed by atoms with Gasteiger partial charge in [0, 0.05) is 52.2 Å². The molecule has 6 heterocycles. The summed E-state index contributed by atoms with van der Waals surface area (Å²) in [6.07, 6.45) is 3.77. The predicted octanol–water partition coefficient (Wildman–Crippen LogP) is 3.57. The Kier molecular flexibility index (Phi) is 5.62. The lowest BCUT2D eigenvalue weighted by molar-refractivity contribution is 0.0553. The van der Waals surface area contributed by atoms with Gasteiger partial charge in [0.1, 0.15) is 16.6 Å². The third kappa shape index (κ3) is 3.71. The van der Waals surface area contributed by atoms with Crippen molar-refractivity contribution in [3.05, 3.63) is 53.9 Å². The van der Waals surface area contributed by atoms with Crippen molar-refractivity contribution in [3.63, 3.8) is 0 Å². The van der Waals surface area contributed by atoms with Crippen LogP contribution in [0.4, 0.5) is 10.6 Å². The van der Waals surface area contributed by atoms with E-state index in [0.717, 1.165) is 65.1 Å². The Bertz CT molecular complexity index is 1680. The molecule has 1 atom stereocenters. The van der Waals surface area contributed by atoms with E-state index < -0.39 is 0 Å². The smallest absolute Gasteiger partial charge is 0.323 e. The number of amides is 2. The van der Waals surface area contributed by atoms with Crippen LogP contribution in [0, 0.1) is 12.8 Å². The summed E-state index contributed by atoms with van der Waals surface area (Å²) in [7, 11) is 3.83. The zero-order chi connectivity index (χ0) is 26.7. The van der Waals surface area contributed by atoms with Crippen molar-refractivity contribution in [2.24, 2.45) is 20.0 Å². The molecule has 0 bridgehead atoms. The SMILES string of the molecule is Cc1nnn(C)c1-c1cnc2c3c(c(N4CCNC4=O)nn3C)n(C(c3ccccc3)C3CCOCC3)c2c1. The summed E-state index contributed by atoms with van der Waals surface area (Å²) in [6.45, 7) is 4.58. The fraction of sp³-hybridized carbons (Fsp3) is 0.393. The van der Waals surface area contributed by atoms with E-state index in [1.54, 1.807) is 9.58 Å². The molecule has 0 radical (unpaired) electrons. The number of aryl methyl sites for hydroxylation is 3. The first-order valence-electron chi connectivity index (χ1n) is 13.4. The van der Waals surface area contributed by atoms with Gasteiger partial charge in [0.25, 0.3) is 0 Å². The number of pyridine rings is 1. The third-order valence-electron chi connectivity index (χ3n) is 8.11. The Morgan fingerprint density at radius 1 is 1.08 bits per heavy atom. The minimum absolute atomic E-state index is 0.00604. The maximum absolute atomic E-state index is 12.9. The molecular formula is C28H31N9O2. The maximum Gasteiger partial charge on any atom is 0.323 e.